The number of amides is 2. The van der Waals surface area contributed by atoms with Crippen LogP contribution in [0.1, 0.15) is 33.1 Å². The van der Waals surface area contributed by atoms with E-state index in [-0.39, 0.29) is 11.8 Å². The molecule has 1 heterocycles. The van der Waals surface area contributed by atoms with Gasteiger partial charge in [0.2, 0.25) is 5.91 Å². The van der Waals surface area contributed by atoms with Gasteiger partial charge in [-0.3, -0.25) is 9.59 Å². The molecule has 1 aliphatic rings. The predicted molar refractivity (Wildman–Crippen MR) is 89.1 cm³/mol. The van der Waals surface area contributed by atoms with E-state index in [1.54, 1.807) is 4.90 Å². The molecule has 1 aliphatic heterocycles. The summed E-state index contributed by atoms with van der Waals surface area (Å²) < 4.78 is 0. The highest BCUT2D eigenvalue weighted by Crippen LogP contribution is 2.27. The van der Waals surface area contributed by atoms with Gasteiger partial charge in [0.05, 0.1) is 0 Å². The smallest absolute Gasteiger partial charge is 0.254 e. The Kier molecular flexibility index (Phi) is 4.15. The Morgan fingerprint density at radius 3 is 2.48 bits per heavy atom. The summed E-state index contributed by atoms with van der Waals surface area (Å²) in [4.78, 5) is 27.0. The maximum absolute atomic E-state index is 12.9. The van der Waals surface area contributed by atoms with Gasteiger partial charge in [0.25, 0.3) is 5.91 Å². The van der Waals surface area contributed by atoms with E-state index in [0.29, 0.717) is 18.7 Å². The van der Waals surface area contributed by atoms with Gasteiger partial charge in [0, 0.05) is 18.7 Å². The normalized spacial score (nSPS) is 17.7. The lowest BCUT2D eigenvalue weighted by Crippen LogP contribution is -2.52. The number of hydrogen-bond acceptors (Lipinski definition) is 2. The second-order valence-corrected chi connectivity index (χ2v) is 5.91. The van der Waals surface area contributed by atoms with Crippen molar-refractivity contribution < 1.29 is 9.59 Å². The highest BCUT2D eigenvalue weighted by atomic mass is 16.2. The number of carbonyl (C=O) groups excluding carboxylic acids is 2. The molecule has 0 aromatic heterocycles. The Morgan fingerprint density at radius 2 is 1.78 bits per heavy atom. The van der Waals surface area contributed by atoms with Crippen molar-refractivity contribution in [2.75, 3.05) is 13.1 Å². The average Bonchev–Trinajstić information content (AvgIpc) is 2.56. The quantitative estimate of drug-likeness (QED) is 0.927. The fourth-order valence-electron chi connectivity index (χ4n) is 2.95. The first-order valence-electron chi connectivity index (χ1n) is 7.79. The SMILES string of the molecule is Cc1ccc(C(=O)N2CCNC(=O)C2c2ccccc2C)cc1. The third-order valence-corrected chi connectivity index (χ3v) is 4.25. The number of aryl methyl sites for hydroxylation is 2. The maximum atomic E-state index is 12.9. The molecule has 3 rings (SSSR count). The second-order valence-electron chi connectivity index (χ2n) is 5.91. The third-order valence-electron chi connectivity index (χ3n) is 4.25. The monoisotopic (exact) mass is 308 g/mol. The first-order valence-corrected chi connectivity index (χ1v) is 7.79. The van der Waals surface area contributed by atoms with Gasteiger partial charge in [-0.2, -0.15) is 0 Å². The fraction of sp³-hybridized carbons (Fsp3) is 0.263. The minimum atomic E-state index is -0.571. The lowest BCUT2D eigenvalue weighted by atomic mass is 9.97. The molecule has 1 saturated heterocycles. The molecule has 1 fully saturated rings. The molecule has 4 heteroatoms. The molecule has 118 valence electrons. The zero-order valence-electron chi connectivity index (χ0n) is 13.4. The summed E-state index contributed by atoms with van der Waals surface area (Å²) in [6.45, 7) is 4.95. The topological polar surface area (TPSA) is 49.4 Å². The number of rotatable bonds is 2. The molecular formula is C19H20N2O2. The van der Waals surface area contributed by atoms with Crippen molar-refractivity contribution in [3.63, 3.8) is 0 Å². The van der Waals surface area contributed by atoms with Crippen LogP contribution in [-0.4, -0.2) is 29.8 Å². The van der Waals surface area contributed by atoms with Crippen LogP contribution in [0.4, 0.5) is 0 Å². The number of hydrogen-bond donors (Lipinski definition) is 1. The molecule has 0 saturated carbocycles. The Balaban J connectivity index is 1.98. The minimum Gasteiger partial charge on any atom is -0.352 e. The van der Waals surface area contributed by atoms with E-state index in [4.69, 9.17) is 0 Å². The van der Waals surface area contributed by atoms with Crippen molar-refractivity contribution in [1.82, 2.24) is 10.2 Å². The van der Waals surface area contributed by atoms with Crippen molar-refractivity contribution in [3.05, 3.63) is 70.8 Å². The molecule has 1 unspecified atom stereocenters. The highest BCUT2D eigenvalue weighted by Gasteiger charge is 2.35. The molecule has 2 amide bonds. The van der Waals surface area contributed by atoms with Gasteiger partial charge < -0.3 is 10.2 Å². The van der Waals surface area contributed by atoms with Crippen LogP contribution in [0.2, 0.25) is 0 Å². The fourth-order valence-corrected chi connectivity index (χ4v) is 2.95. The zero-order chi connectivity index (χ0) is 16.4. The molecule has 2 aromatic rings. The summed E-state index contributed by atoms with van der Waals surface area (Å²) >= 11 is 0. The molecular weight excluding hydrogens is 288 g/mol. The van der Waals surface area contributed by atoms with Crippen LogP contribution in [0.5, 0.6) is 0 Å². The zero-order valence-corrected chi connectivity index (χ0v) is 13.4. The molecule has 0 aliphatic carbocycles. The minimum absolute atomic E-state index is 0.104. The van der Waals surface area contributed by atoms with E-state index >= 15 is 0 Å². The Labute approximate surface area is 136 Å². The molecule has 23 heavy (non-hydrogen) atoms. The number of carbonyl (C=O) groups is 2. The standard InChI is InChI=1S/C19H20N2O2/c1-13-7-9-15(10-8-13)19(23)21-12-11-20-18(22)17(21)16-6-4-3-5-14(16)2/h3-10,17H,11-12H2,1-2H3,(H,20,22). The van der Waals surface area contributed by atoms with Gasteiger partial charge in [0.15, 0.2) is 0 Å². The van der Waals surface area contributed by atoms with Crippen LogP contribution in [0, 0.1) is 13.8 Å². The first-order chi connectivity index (χ1) is 11.1. The van der Waals surface area contributed by atoms with E-state index in [2.05, 4.69) is 5.32 Å². The molecule has 4 nitrogen and oxygen atoms in total. The Morgan fingerprint density at radius 1 is 1.09 bits per heavy atom. The summed E-state index contributed by atoms with van der Waals surface area (Å²) in [5, 5.41) is 2.87. The third kappa shape index (κ3) is 2.97. The van der Waals surface area contributed by atoms with Crippen LogP contribution in [-0.2, 0) is 4.79 Å². The summed E-state index contributed by atoms with van der Waals surface area (Å²) in [6, 6.07) is 14.6. The van der Waals surface area contributed by atoms with Crippen molar-refractivity contribution in [3.8, 4) is 0 Å². The van der Waals surface area contributed by atoms with Crippen molar-refractivity contribution in [2.45, 2.75) is 19.9 Å². The van der Waals surface area contributed by atoms with Gasteiger partial charge in [-0.15, -0.1) is 0 Å². The molecule has 1 atom stereocenters. The summed E-state index contributed by atoms with van der Waals surface area (Å²) in [6.07, 6.45) is 0. The lowest BCUT2D eigenvalue weighted by Gasteiger charge is -2.36. The number of nitrogens with zero attached hydrogens (tertiary/aromatic N) is 1. The van der Waals surface area contributed by atoms with Gasteiger partial charge in [-0.05, 0) is 37.1 Å². The summed E-state index contributed by atoms with van der Waals surface area (Å²) in [7, 11) is 0. The van der Waals surface area contributed by atoms with Crippen molar-refractivity contribution in [1.29, 1.82) is 0 Å². The van der Waals surface area contributed by atoms with E-state index < -0.39 is 6.04 Å². The molecule has 1 N–H and O–H groups in total. The van der Waals surface area contributed by atoms with E-state index in [9.17, 15) is 9.59 Å². The van der Waals surface area contributed by atoms with Gasteiger partial charge in [0.1, 0.15) is 6.04 Å². The van der Waals surface area contributed by atoms with Crippen molar-refractivity contribution >= 4 is 11.8 Å². The summed E-state index contributed by atoms with van der Waals surface area (Å²) in [5.41, 5.74) is 3.61. The van der Waals surface area contributed by atoms with Crippen LogP contribution >= 0.6 is 0 Å². The van der Waals surface area contributed by atoms with Gasteiger partial charge in [-0.1, -0.05) is 42.0 Å². The van der Waals surface area contributed by atoms with Gasteiger partial charge >= 0.3 is 0 Å². The van der Waals surface area contributed by atoms with Crippen molar-refractivity contribution in [2.24, 2.45) is 0 Å². The second kappa shape index (κ2) is 6.24. The lowest BCUT2D eigenvalue weighted by molar-refractivity contribution is -0.128. The largest absolute Gasteiger partial charge is 0.352 e. The van der Waals surface area contributed by atoms with Crippen LogP contribution in [0.15, 0.2) is 48.5 Å². The molecule has 0 radical (unpaired) electrons. The van der Waals surface area contributed by atoms with E-state index in [1.165, 1.54) is 0 Å². The van der Waals surface area contributed by atoms with Crippen LogP contribution < -0.4 is 5.32 Å². The molecule has 0 bridgehead atoms. The van der Waals surface area contributed by atoms with E-state index in [1.807, 2.05) is 62.4 Å². The number of nitrogens with one attached hydrogen (secondary N) is 1. The van der Waals surface area contributed by atoms with Crippen LogP contribution in [0.25, 0.3) is 0 Å². The van der Waals surface area contributed by atoms with Gasteiger partial charge in [-0.25, -0.2) is 0 Å². The molecule has 0 spiro atoms. The predicted octanol–water partition coefficient (Wildman–Crippen LogP) is 2.62. The van der Waals surface area contributed by atoms with Crippen LogP contribution in [0.3, 0.4) is 0 Å². The number of piperazine rings is 1. The van der Waals surface area contributed by atoms with E-state index in [0.717, 1.165) is 16.7 Å². The Hall–Kier alpha value is -2.62. The average molecular weight is 308 g/mol. The highest BCUT2D eigenvalue weighted by molar-refractivity contribution is 5.98. The summed E-state index contributed by atoms with van der Waals surface area (Å²) in [5.74, 6) is -0.223. The number of benzene rings is 2. The molecule has 2 aromatic carbocycles. The Bertz CT molecular complexity index is 737. The first kappa shape index (κ1) is 15.3. The maximum Gasteiger partial charge on any atom is 0.254 e.